The molecule has 0 saturated heterocycles. The highest BCUT2D eigenvalue weighted by molar-refractivity contribution is 7.91. The number of aromatic hydroxyl groups is 1. The molecule has 0 unspecified atom stereocenters. The molecule has 2 rings (SSSR count). The van der Waals surface area contributed by atoms with E-state index in [4.69, 9.17) is 0 Å². The summed E-state index contributed by atoms with van der Waals surface area (Å²) in [4.78, 5) is 11.5. The Kier molecular flexibility index (Phi) is 4.65. The molecule has 5 nitrogen and oxygen atoms in total. The van der Waals surface area contributed by atoms with E-state index in [-0.39, 0.29) is 17.0 Å². The van der Waals surface area contributed by atoms with Crippen LogP contribution in [0.5, 0.6) is 5.75 Å². The summed E-state index contributed by atoms with van der Waals surface area (Å²) in [5, 5.41) is 12.2. The van der Waals surface area contributed by atoms with Gasteiger partial charge < -0.3 is 10.4 Å². The minimum atomic E-state index is -4.69. The molecule has 2 N–H and O–H groups in total. The number of alkyl halides is 2. The number of phenols is 1. The normalized spacial score (nSPS) is 11.5. The Labute approximate surface area is 131 Å². The number of phenolic OH excluding ortho intramolecular Hbond substituents is 1. The summed E-state index contributed by atoms with van der Waals surface area (Å²) in [7, 11) is -4.69. The third kappa shape index (κ3) is 3.65. The molecule has 1 amide bonds. The van der Waals surface area contributed by atoms with Crippen molar-refractivity contribution in [1.29, 1.82) is 0 Å². The van der Waals surface area contributed by atoms with Crippen molar-refractivity contribution >= 4 is 21.4 Å². The van der Waals surface area contributed by atoms with E-state index >= 15 is 0 Å². The molecule has 0 bridgehead atoms. The standard InChI is InChI=1S/C15H13F2NO4S/c1-9-2-7-12(13(19)8-9)18-14(20)10-3-5-11(6-4-10)23(21,22)15(16)17/h2-8,15,19H,1H3,(H,18,20). The molecule has 0 atom stereocenters. The fraction of sp³-hybridized carbons (Fsp3) is 0.133. The van der Waals surface area contributed by atoms with E-state index < -0.39 is 26.4 Å². The Morgan fingerprint density at radius 2 is 1.74 bits per heavy atom. The number of carbonyl (C=O) groups excluding carboxylic acids is 1. The number of benzene rings is 2. The van der Waals surface area contributed by atoms with Crippen LogP contribution in [0.2, 0.25) is 0 Å². The molecule has 0 aliphatic rings. The smallest absolute Gasteiger partial charge is 0.341 e. The number of hydrogen-bond acceptors (Lipinski definition) is 4. The van der Waals surface area contributed by atoms with Crippen LogP contribution in [0.4, 0.5) is 14.5 Å². The molecule has 2 aromatic carbocycles. The monoisotopic (exact) mass is 341 g/mol. The van der Waals surface area contributed by atoms with Crippen LogP contribution in [0, 0.1) is 6.92 Å². The zero-order chi connectivity index (χ0) is 17.2. The third-order valence-corrected chi connectivity index (χ3v) is 4.48. The summed E-state index contributed by atoms with van der Waals surface area (Å²) >= 11 is 0. The van der Waals surface area contributed by atoms with E-state index in [0.29, 0.717) is 0 Å². The molecule has 0 fully saturated rings. The van der Waals surface area contributed by atoms with Gasteiger partial charge in [-0.2, -0.15) is 8.78 Å². The summed E-state index contributed by atoms with van der Waals surface area (Å²) in [6, 6.07) is 8.78. The minimum absolute atomic E-state index is 0.0678. The van der Waals surface area contributed by atoms with Crippen molar-refractivity contribution in [3.63, 3.8) is 0 Å². The van der Waals surface area contributed by atoms with Crippen molar-refractivity contribution in [2.24, 2.45) is 0 Å². The van der Waals surface area contributed by atoms with Crippen LogP contribution in [0.3, 0.4) is 0 Å². The van der Waals surface area contributed by atoms with Gasteiger partial charge in [-0.05, 0) is 48.9 Å². The van der Waals surface area contributed by atoms with Gasteiger partial charge in [-0.25, -0.2) is 8.42 Å². The molecule has 23 heavy (non-hydrogen) atoms. The third-order valence-electron chi connectivity index (χ3n) is 3.08. The second-order valence-corrected chi connectivity index (χ2v) is 6.72. The molecule has 0 aliphatic heterocycles. The van der Waals surface area contributed by atoms with Crippen LogP contribution in [0.25, 0.3) is 0 Å². The van der Waals surface area contributed by atoms with Gasteiger partial charge in [0.1, 0.15) is 5.75 Å². The van der Waals surface area contributed by atoms with Crippen LogP contribution < -0.4 is 5.32 Å². The Morgan fingerprint density at radius 3 is 2.26 bits per heavy atom. The summed E-state index contributed by atoms with van der Waals surface area (Å²) in [5.41, 5.74) is 1.06. The molecule has 0 aromatic heterocycles. The number of anilines is 1. The van der Waals surface area contributed by atoms with Gasteiger partial charge in [0.2, 0.25) is 9.84 Å². The Bertz CT molecular complexity index is 833. The first-order chi connectivity index (χ1) is 10.7. The summed E-state index contributed by atoms with van der Waals surface area (Å²) < 4.78 is 47.4. The lowest BCUT2D eigenvalue weighted by Gasteiger charge is -2.09. The van der Waals surface area contributed by atoms with Crippen molar-refractivity contribution in [2.75, 3.05) is 5.32 Å². The molecular weight excluding hydrogens is 328 g/mol. The van der Waals surface area contributed by atoms with E-state index in [1.807, 2.05) is 0 Å². The van der Waals surface area contributed by atoms with E-state index in [9.17, 15) is 27.1 Å². The largest absolute Gasteiger partial charge is 0.506 e. The van der Waals surface area contributed by atoms with E-state index in [2.05, 4.69) is 5.32 Å². The van der Waals surface area contributed by atoms with Gasteiger partial charge in [-0.15, -0.1) is 0 Å². The molecule has 0 saturated carbocycles. The molecule has 0 radical (unpaired) electrons. The topological polar surface area (TPSA) is 83.5 Å². The lowest BCUT2D eigenvalue weighted by Crippen LogP contribution is -2.14. The Hall–Kier alpha value is -2.48. The number of nitrogens with one attached hydrogen (secondary N) is 1. The number of halogens is 2. The van der Waals surface area contributed by atoms with Gasteiger partial charge in [-0.1, -0.05) is 6.07 Å². The van der Waals surface area contributed by atoms with Gasteiger partial charge in [-0.3, -0.25) is 4.79 Å². The molecule has 2 aromatic rings. The quantitative estimate of drug-likeness (QED) is 0.838. The van der Waals surface area contributed by atoms with E-state index in [1.54, 1.807) is 13.0 Å². The lowest BCUT2D eigenvalue weighted by molar-refractivity contribution is 0.102. The highest BCUT2D eigenvalue weighted by Gasteiger charge is 2.26. The second kappa shape index (κ2) is 6.33. The average molecular weight is 341 g/mol. The van der Waals surface area contributed by atoms with Gasteiger partial charge in [0, 0.05) is 5.56 Å². The van der Waals surface area contributed by atoms with Crippen LogP contribution >= 0.6 is 0 Å². The molecule has 0 heterocycles. The SMILES string of the molecule is Cc1ccc(NC(=O)c2ccc(S(=O)(=O)C(F)F)cc2)c(O)c1. The Morgan fingerprint density at radius 1 is 1.13 bits per heavy atom. The number of hydrogen-bond donors (Lipinski definition) is 2. The van der Waals surface area contributed by atoms with Crippen molar-refractivity contribution in [3.8, 4) is 5.75 Å². The minimum Gasteiger partial charge on any atom is -0.506 e. The number of carbonyl (C=O) groups is 1. The predicted octanol–water partition coefficient (Wildman–Crippen LogP) is 2.95. The van der Waals surface area contributed by atoms with Gasteiger partial charge >= 0.3 is 5.76 Å². The fourth-order valence-electron chi connectivity index (χ4n) is 1.84. The maximum absolute atomic E-state index is 12.4. The molecule has 0 aliphatic carbocycles. The first kappa shape index (κ1) is 16.9. The molecule has 8 heteroatoms. The molecule has 122 valence electrons. The maximum Gasteiger partial charge on any atom is 0.341 e. The number of sulfone groups is 1. The number of amides is 1. The fourth-order valence-corrected chi connectivity index (χ4v) is 2.56. The van der Waals surface area contributed by atoms with E-state index in [0.717, 1.165) is 29.8 Å². The molecule has 0 spiro atoms. The Balaban J connectivity index is 2.21. The number of aryl methyl sites for hydroxylation is 1. The van der Waals surface area contributed by atoms with Gasteiger partial charge in [0.15, 0.2) is 0 Å². The predicted molar refractivity (Wildman–Crippen MR) is 80.4 cm³/mol. The van der Waals surface area contributed by atoms with Crippen molar-refractivity contribution in [3.05, 3.63) is 53.6 Å². The van der Waals surface area contributed by atoms with Gasteiger partial charge in [0.25, 0.3) is 5.91 Å². The van der Waals surface area contributed by atoms with E-state index in [1.165, 1.54) is 12.1 Å². The van der Waals surface area contributed by atoms with Crippen molar-refractivity contribution < 1.29 is 27.1 Å². The zero-order valence-corrected chi connectivity index (χ0v) is 12.8. The summed E-state index contributed by atoms with van der Waals surface area (Å²) in [6.45, 7) is 1.77. The number of rotatable bonds is 4. The van der Waals surface area contributed by atoms with Crippen molar-refractivity contribution in [2.45, 2.75) is 17.6 Å². The van der Waals surface area contributed by atoms with Gasteiger partial charge in [0.05, 0.1) is 10.6 Å². The van der Waals surface area contributed by atoms with Crippen LogP contribution in [-0.2, 0) is 9.84 Å². The summed E-state index contributed by atoms with van der Waals surface area (Å²) in [6.07, 6.45) is 0. The van der Waals surface area contributed by atoms with Crippen LogP contribution in [0.15, 0.2) is 47.4 Å². The second-order valence-electron chi connectivity index (χ2n) is 4.80. The lowest BCUT2D eigenvalue weighted by atomic mass is 10.2. The average Bonchev–Trinajstić information content (AvgIpc) is 2.50. The van der Waals surface area contributed by atoms with Crippen LogP contribution in [0.1, 0.15) is 15.9 Å². The van der Waals surface area contributed by atoms with Crippen LogP contribution in [-0.4, -0.2) is 25.2 Å². The maximum atomic E-state index is 12.4. The molecular formula is C15H13F2NO4S. The highest BCUT2D eigenvalue weighted by Crippen LogP contribution is 2.25. The summed E-state index contributed by atoms with van der Waals surface area (Å²) in [5.74, 6) is -4.24. The first-order valence-corrected chi connectivity index (χ1v) is 7.99. The zero-order valence-electron chi connectivity index (χ0n) is 12.0. The highest BCUT2D eigenvalue weighted by atomic mass is 32.2. The van der Waals surface area contributed by atoms with Crippen molar-refractivity contribution in [1.82, 2.24) is 0 Å². The first-order valence-electron chi connectivity index (χ1n) is 6.45.